The van der Waals surface area contributed by atoms with Gasteiger partial charge in [0, 0.05) is 10.7 Å². The van der Waals surface area contributed by atoms with Crippen molar-refractivity contribution in [1.82, 2.24) is 4.98 Å². The van der Waals surface area contributed by atoms with Crippen LogP contribution in [0.5, 0.6) is 0 Å². The van der Waals surface area contributed by atoms with E-state index in [1.54, 1.807) is 26.0 Å². The van der Waals surface area contributed by atoms with Crippen LogP contribution in [0, 0.1) is 13.8 Å². The molecule has 0 bridgehead atoms. The molecule has 0 aliphatic carbocycles. The van der Waals surface area contributed by atoms with Gasteiger partial charge in [0.25, 0.3) is 10.0 Å². The smallest absolute Gasteiger partial charge is 0.356 e. The van der Waals surface area contributed by atoms with Crippen molar-refractivity contribution in [1.29, 1.82) is 0 Å². The largest absolute Gasteiger partial charge is 0.464 e. The van der Waals surface area contributed by atoms with Gasteiger partial charge >= 0.3 is 5.97 Å². The van der Waals surface area contributed by atoms with Crippen molar-refractivity contribution in [3.63, 3.8) is 0 Å². The molecule has 8 heteroatoms. The number of hydrogen-bond acceptors (Lipinski definition) is 4. The zero-order valence-corrected chi connectivity index (χ0v) is 13.8. The molecule has 0 aliphatic heterocycles. The fourth-order valence-corrected chi connectivity index (χ4v) is 3.57. The number of hydrogen-bond donors (Lipinski definition) is 2. The summed E-state index contributed by atoms with van der Waals surface area (Å²) < 4.78 is 32.0. The Balaban J connectivity index is 2.46. The van der Waals surface area contributed by atoms with E-state index in [2.05, 4.69) is 14.4 Å². The zero-order chi connectivity index (χ0) is 16.5. The van der Waals surface area contributed by atoms with Gasteiger partial charge in [-0.3, -0.25) is 4.72 Å². The molecule has 2 aromatic rings. The van der Waals surface area contributed by atoms with Crippen molar-refractivity contribution in [3.8, 4) is 0 Å². The summed E-state index contributed by atoms with van der Waals surface area (Å²) in [7, 11) is -2.66. The van der Waals surface area contributed by atoms with Crippen LogP contribution < -0.4 is 4.72 Å². The average molecular weight is 343 g/mol. The molecular formula is C14H15ClN2O4S. The second-order valence-electron chi connectivity index (χ2n) is 4.70. The summed E-state index contributed by atoms with van der Waals surface area (Å²) in [6.07, 6.45) is 0. The van der Waals surface area contributed by atoms with Crippen LogP contribution in [0.3, 0.4) is 0 Å². The molecule has 0 saturated heterocycles. The number of methoxy groups -OCH3 is 1. The Labute approximate surface area is 133 Å². The fraction of sp³-hybridized carbons (Fsp3) is 0.214. The van der Waals surface area contributed by atoms with E-state index in [9.17, 15) is 13.2 Å². The molecule has 22 heavy (non-hydrogen) atoms. The van der Waals surface area contributed by atoms with Crippen LogP contribution in [0.25, 0.3) is 0 Å². The van der Waals surface area contributed by atoms with E-state index in [1.165, 1.54) is 19.2 Å². The van der Waals surface area contributed by atoms with E-state index < -0.39 is 16.0 Å². The molecule has 0 unspecified atom stereocenters. The van der Waals surface area contributed by atoms with Gasteiger partial charge in [-0.1, -0.05) is 17.7 Å². The third kappa shape index (κ3) is 3.10. The van der Waals surface area contributed by atoms with E-state index in [-0.39, 0.29) is 16.3 Å². The third-order valence-electron chi connectivity index (χ3n) is 3.09. The molecule has 0 radical (unpaired) electrons. The standard InChI is InChI=1S/C14H15ClN2O4S/c1-8-7-11(13(16-8)14(18)21-3)17-22(19,20)12-6-4-5-10(15)9(12)2/h4-7,16-17H,1-3H3. The van der Waals surface area contributed by atoms with Crippen LogP contribution in [0.1, 0.15) is 21.7 Å². The average Bonchev–Trinajstić information content (AvgIpc) is 2.80. The van der Waals surface area contributed by atoms with Crippen LogP contribution >= 0.6 is 11.6 Å². The van der Waals surface area contributed by atoms with Gasteiger partial charge in [0.2, 0.25) is 0 Å². The van der Waals surface area contributed by atoms with E-state index in [0.29, 0.717) is 16.3 Å². The Morgan fingerprint density at radius 2 is 2.00 bits per heavy atom. The van der Waals surface area contributed by atoms with Crippen LogP contribution in [-0.4, -0.2) is 26.5 Å². The van der Waals surface area contributed by atoms with Gasteiger partial charge in [-0.15, -0.1) is 0 Å². The summed E-state index contributed by atoms with van der Waals surface area (Å²) in [5, 5.41) is 0.348. The van der Waals surface area contributed by atoms with E-state index in [0.717, 1.165) is 0 Å². The number of aromatic amines is 1. The number of rotatable bonds is 4. The summed E-state index contributed by atoms with van der Waals surface area (Å²) >= 11 is 5.96. The Morgan fingerprint density at radius 3 is 2.64 bits per heavy atom. The maximum absolute atomic E-state index is 12.5. The van der Waals surface area contributed by atoms with Gasteiger partial charge in [-0.05, 0) is 37.6 Å². The lowest BCUT2D eigenvalue weighted by atomic mass is 10.2. The summed E-state index contributed by atoms with van der Waals surface area (Å²) in [4.78, 5) is 14.5. The van der Waals surface area contributed by atoms with Crippen LogP contribution in [0.15, 0.2) is 29.2 Å². The lowest BCUT2D eigenvalue weighted by Crippen LogP contribution is -2.16. The summed E-state index contributed by atoms with van der Waals surface area (Å²) in [5.74, 6) is -0.659. The number of halogens is 1. The summed E-state index contributed by atoms with van der Waals surface area (Å²) in [6.45, 7) is 3.31. The first-order chi connectivity index (χ1) is 10.3. The molecule has 0 atom stereocenters. The normalized spacial score (nSPS) is 11.3. The Kier molecular flexibility index (Phi) is 4.48. The van der Waals surface area contributed by atoms with Crippen molar-refractivity contribution in [2.45, 2.75) is 18.7 Å². The van der Waals surface area contributed by atoms with Crippen LogP contribution in [0.4, 0.5) is 5.69 Å². The Hall–Kier alpha value is -1.99. The minimum Gasteiger partial charge on any atom is -0.464 e. The SMILES string of the molecule is COC(=O)c1[nH]c(C)cc1NS(=O)(=O)c1cccc(Cl)c1C. The topological polar surface area (TPSA) is 88.3 Å². The van der Waals surface area contributed by atoms with Crippen molar-refractivity contribution in [2.75, 3.05) is 11.8 Å². The van der Waals surface area contributed by atoms with Gasteiger partial charge in [-0.25, -0.2) is 13.2 Å². The van der Waals surface area contributed by atoms with Gasteiger partial charge in [0.1, 0.15) is 5.69 Å². The van der Waals surface area contributed by atoms with Gasteiger partial charge in [0.05, 0.1) is 17.7 Å². The summed E-state index contributed by atoms with van der Waals surface area (Å²) in [6, 6.07) is 6.12. The maximum atomic E-state index is 12.5. The highest BCUT2D eigenvalue weighted by molar-refractivity contribution is 7.92. The van der Waals surface area contributed by atoms with Gasteiger partial charge < -0.3 is 9.72 Å². The quantitative estimate of drug-likeness (QED) is 0.836. The highest BCUT2D eigenvalue weighted by atomic mass is 35.5. The second kappa shape index (κ2) is 6.02. The van der Waals surface area contributed by atoms with Crippen molar-refractivity contribution >= 4 is 33.3 Å². The number of aromatic nitrogens is 1. The summed E-state index contributed by atoms with van der Waals surface area (Å²) in [5.41, 5.74) is 1.23. The molecule has 1 heterocycles. The molecule has 0 fully saturated rings. The van der Waals surface area contributed by atoms with Crippen molar-refractivity contribution in [2.24, 2.45) is 0 Å². The number of aryl methyl sites for hydroxylation is 1. The number of H-pyrrole nitrogens is 1. The highest BCUT2D eigenvalue weighted by Crippen LogP contribution is 2.26. The minimum absolute atomic E-state index is 0.0447. The lowest BCUT2D eigenvalue weighted by Gasteiger charge is -2.11. The van der Waals surface area contributed by atoms with Crippen molar-refractivity contribution < 1.29 is 17.9 Å². The highest BCUT2D eigenvalue weighted by Gasteiger charge is 2.23. The van der Waals surface area contributed by atoms with Crippen LogP contribution in [0.2, 0.25) is 5.02 Å². The first-order valence-corrected chi connectivity index (χ1v) is 8.18. The molecule has 2 N–H and O–H groups in total. The maximum Gasteiger partial charge on any atom is 0.356 e. The lowest BCUT2D eigenvalue weighted by molar-refractivity contribution is 0.0596. The Bertz CT molecular complexity index is 827. The Morgan fingerprint density at radius 1 is 1.32 bits per heavy atom. The number of nitrogens with one attached hydrogen (secondary N) is 2. The predicted octanol–water partition coefficient (Wildman–Crippen LogP) is 2.87. The number of ether oxygens (including phenoxy) is 1. The molecule has 1 aromatic heterocycles. The monoisotopic (exact) mass is 342 g/mol. The zero-order valence-electron chi connectivity index (χ0n) is 12.2. The minimum atomic E-state index is -3.88. The molecule has 118 valence electrons. The molecule has 1 aromatic carbocycles. The number of anilines is 1. The van der Waals surface area contributed by atoms with E-state index >= 15 is 0 Å². The molecule has 0 saturated carbocycles. The number of sulfonamides is 1. The van der Waals surface area contributed by atoms with Crippen molar-refractivity contribution in [3.05, 3.63) is 46.2 Å². The molecule has 2 rings (SSSR count). The van der Waals surface area contributed by atoms with E-state index in [4.69, 9.17) is 11.6 Å². The second-order valence-corrected chi connectivity index (χ2v) is 6.76. The molecule has 0 aliphatic rings. The number of benzene rings is 1. The predicted molar refractivity (Wildman–Crippen MR) is 83.9 cm³/mol. The molecule has 6 nitrogen and oxygen atoms in total. The number of carbonyl (C=O) groups excluding carboxylic acids is 1. The van der Waals surface area contributed by atoms with E-state index in [1.807, 2.05) is 0 Å². The number of carbonyl (C=O) groups is 1. The number of esters is 1. The fourth-order valence-electron chi connectivity index (χ4n) is 2.01. The van der Waals surface area contributed by atoms with Gasteiger partial charge in [-0.2, -0.15) is 0 Å². The molecule has 0 amide bonds. The molecule has 0 spiro atoms. The first kappa shape index (κ1) is 16.4. The first-order valence-electron chi connectivity index (χ1n) is 6.32. The van der Waals surface area contributed by atoms with Gasteiger partial charge in [0.15, 0.2) is 0 Å². The molecular weight excluding hydrogens is 328 g/mol. The third-order valence-corrected chi connectivity index (χ3v) is 5.01. The van der Waals surface area contributed by atoms with Crippen LogP contribution in [-0.2, 0) is 14.8 Å².